The molecule has 0 aromatic carbocycles. The third-order valence-electron chi connectivity index (χ3n) is 2.75. The summed E-state index contributed by atoms with van der Waals surface area (Å²) in [5, 5.41) is 3.31. The van der Waals surface area contributed by atoms with Crippen molar-refractivity contribution in [2.45, 2.75) is 25.8 Å². The van der Waals surface area contributed by atoms with Crippen LogP contribution < -0.4 is 15.8 Å². The van der Waals surface area contributed by atoms with Crippen LogP contribution in [0.4, 0.5) is 11.6 Å². The Bertz CT molecular complexity index is 349. The lowest BCUT2D eigenvalue weighted by Gasteiger charge is -2.33. The summed E-state index contributed by atoms with van der Waals surface area (Å²) in [6, 6.07) is 0.489. The number of anilines is 2. The van der Waals surface area contributed by atoms with Gasteiger partial charge < -0.3 is 15.8 Å². The zero-order chi connectivity index (χ0) is 10.8. The van der Waals surface area contributed by atoms with Crippen LogP contribution in [0.1, 0.15) is 19.8 Å². The average Bonchev–Trinajstić information content (AvgIpc) is 2.16. The van der Waals surface area contributed by atoms with Gasteiger partial charge in [0, 0.05) is 6.04 Å². The van der Waals surface area contributed by atoms with Gasteiger partial charge in [-0.2, -0.15) is 0 Å². The second-order valence-corrected chi connectivity index (χ2v) is 4.06. The van der Waals surface area contributed by atoms with Crippen molar-refractivity contribution >= 4 is 11.6 Å². The fraction of sp³-hybridized carbons (Fsp3) is 0.600. The first-order valence-corrected chi connectivity index (χ1v) is 5.11. The number of nitrogen functional groups attached to an aromatic ring is 1. The number of hydrogen-bond acceptors (Lipinski definition) is 5. The molecule has 0 spiro atoms. The van der Waals surface area contributed by atoms with Crippen molar-refractivity contribution in [3.8, 4) is 5.75 Å². The third-order valence-corrected chi connectivity index (χ3v) is 2.75. The smallest absolute Gasteiger partial charge is 0.203 e. The number of rotatable bonds is 3. The van der Waals surface area contributed by atoms with E-state index in [4.69, 9.17) is 10.5 Å². The van der Waals surface area contributed by atoms with E-state index < -0.39 is 0 Å². The predicted octanol–water partition coefficient (Wildman–Crippen LogP) is 1.28. The summed E-state index contributed by atoms with van der Waals surface area (Å²) in [7, 11) is 1.57. The van der Waals surface area contributed by atoms with Crippen LogP contribution >= 0.6 is 0 Å². The molecule has 15 heavy (non-hydrogen) atoms. The van der Waals surface area contributed by atoms with E-state index in [9.17, 15) is 0 Å². The highest BCUT2D eigenvalue weighted by Crippen LogP contribution is 2.33. The van der Waals surface area contributed by atoms with Crippen LogP contribution in [-0.2, 0) is 0 Å². The molecule has 1 saturated carbocycles. The van der Waals surface area contributed by atoms with Crippen molar-refractivity contribution in [1.82, 2.24) is 9.97 Å². The summed E-state index contributed by atoms with van der Waals surface area (Å²) in [5.74, 6) is 2.41. The zero-order valence-electron chi connectivity index (χ0n) is 9.03. The molecule has 1 aromatic heterocycles. The third kappa shape index (κ3) is 1.95. The second-order valence-electron chi connectivity index (χ2n) is 4.06. The van der Waals surface area contributed by atoms with Crippen LogP contribution in [0.5, 0.6) is 5.75 Å². The van der Waals surface area contributed by atoms with Crippen LogP contribution in [-0.4, -0.2) is 23.1 Å². The molecule has 0 amide bonds. The predicted molar refractivity (Wildman–Crippen MR) is 58.8 cm³/mol. The van der Waals surface area contributed by atoms with Gasteiger partial charge in [0.05, 0.1) is 7.11 Å². The lowest BCUT2D eigenvalue weighted by atomic mass is 9.82. The maximum Gasteiger partial charge on any atom is 0.203 e. The summed E-state index contributed by atoms with van der Waals surface area (Å²) >= 11 is 0. The van der Waals surface area contributed by atoms with Crippen molar-refractivity contribution in [3.63, 3.8) is 0 Å². The van der Waals surface area contributed by atoms with E-state index in [1.54, 1.807) is 7.11 Å². The van der Waals surface area contributed by atoms with E-state index in [-0.39, 0.29) is 0 Å². The molecule has 82 valence electrons. The molecule has 5 heteroatoms. The molecular formula is C10H16N4O. The van der Waals surface area contributed by atoms with Gasteiger partial charge in [0.1, 0.15) is 6.33 Å². The maximum atomic E-state index is 5.68. The number of hydrogen-bond donors (Lipinski definition) is 2. The number of methoxy groups -OCH3 is 1. The van der Waals surface area contributed by atoms with Gasteiger partial charge in [-0.1, -0.05) is 6.92 Å². The zero-order valence-corrected chi connectivity index (χ0v) is 9.03. The molecule has 0 aliphatic heterocycles. The van der Waals surface area contributed by atoms with Gasteiger partial charge in [0.25, 0.3) is 0 Å². The molecule has 3 N–H and O–H groups in total. The molecule has 0 radical (unpaired) electrons. The molecule has 5 nitrogen and oxygen atoms in total. The van der Waals surface area contributed by atoms with Crippen molar-refractivity contribution in [1.29, 1.82) is 0 Å². The highest BCUT2D eigenvalue weighted by Gasteiger charge is 2.26. The van der Waals surface area contributed by atoms with Crippen LogP contribution in [0, 0.1) is 5.92 Å². The van der Waals surface area contributed by atoms with Gasteiger partial charge in [-0.25, -0.2) is 9.97 Å². The van der Waals surface area contributed by atoms with Crippen LogP contribution in [0.2, 0.25) is 0 Å². The summed E-state index contributed by atoms with van der Waals surface area (Å²) in [5.41, 5.74) is 5.68. The van der Waals surface area contributed by atoms with Crippen molar-refractivity contribution < 1.29 is 4.74 Å². The molecule has 1 fully saturated rings. The van der Waals surface area contributed by atoms with Gasteiger partial charge in [0.2, 0.25) is 5.75 Å². The quantitative estimate of drug-likeness (QED) is 0.782. The number of aromatic nitrogens is 2. The standard InChI is InChI=1S/C10H16N4O/c1-6-3-7(4-6)14-10-8(15-2)9(11)12-5-13-10/h5-7H,3-4H2,1-2H3,(H3,11,12,13,14). The van der Waals surface area contributed by atoms with E-state index in [0.29, 0.717) is 23.4 Å². The van der Waals surface area contributed by atoms with E-state index >= 15 is 0 Å². The minimum atomic E-state index is 0.377. The topological polar surface area (TPSA) is 73.1 Å². The van der Waals surface area contributed by atoms with Crippen molar-refractivity contribution in [3.05, 3.63) is 6.33 Å². The summed E-state index contributed by atoms with van der Waals surface area (Å²) in [6.45, 7) is 2.24. The molecule has 0 bridgehead atoms. The molecule has 1 aliphatic rings. The first-order valence-electron chi connectivity index (χ1n) is 5.11. The SMILES string of the molecule is COc1c(N)ncnc1NC1CC(C)C1. The molecule has 0 saturated heterocycles. The van der Waals surface area contributed by atoms with Crippen LogP contribution in [0.3, 0.4) is 0 Å². The molecule has 1 aliphatic carbocycles. The molecular weight excluding hydrogens is 192 g/mol. The first-order chi connectivity index (χ1) is 7.20. The van der Waals surface area contributed by atoms with E-state index in [1.807, 2.05) is 0 Å². The number of nitrogens with one attached hydrogen (secondary N) is 1. The largest absolute Gasteiger partial charge is 0.490 e. The normalized spacial score (nSPS) is 24.4. The van der Waals surface area contributed by atoms with Gasteiger partial charge in [-0.15, -0.1) is 0 Å². The Balaban J connectivity index is 2.10. The van der Waals surface area contributed by atoms with Gasteiger partial charge in [-0.3, -0.25) is 0 Å². The van der Waals surface area contributed by atoms with Gasteiger partial charge in [0.15, 0.2) is 11.6 Å². The fourth-order valence-electron chi connectivity index (χ4n) is 1.90. The summed E-state index contributed by atoms with van der Waals surface area (Å²) in [6.07, 6.45) is 3.79. The summed E-state index contributed by atoms with van der Waals surface area (Å²) in [4.78, 5) is 8.01. The summed E-state index contributed by atoms with van der Waals surface area (Å²) < 4.78 is 5.16. The Labute approximate surface area is 89.1 Å². The Kier molecular flexibility index (Phi) is 2.62. The lowest BCUT2D eigenvalue weighted by molar-refractivity contribution is 0.307. The van der Waals surface area contributed by atoms with E-state index in [0.717, 1.165) is 5.92 Å². The Hall–Kier alpha value is -1.52. The lowest BCUT2D eigenvalue weighted by Crippen LogP contribution is -2.34. The van der Waals surface area contributed by atoms with Gasteiger partial charge >= 0.3 is 0 Å². The maximum absolute atomic E-state index is 5.68. The second kappa shape index (κ2) is 3.92. The number of ether oxygens (including phenoxy) is 1. The number of nitrogens with two attached hydrogens (primary N) is 1. The molecule has 2 rings (SSSR count). The van der Waals surface area contributed by atoms with Crippen molar-refractivity contribution in [2.24, 2.45) is 5.92 Å². The highest BCUT2D eigenvalue weighted by atomic mass is 16.5. The molecule has 0 unspecified atom stereocenters. The van der Waals surface area contributed by atoms with Crippen LogP contribution in [0.15, 0.2) is 6.33 Å². The van der Waals surface area contributed by atoms with E-state index in [2.05, 4.69) is 22.2 Å². The highest BCUT2D eigenvalue weighted by molar-refractivity contribution is 5.61. The minimum absolute atomic E-state index is 0.377. The Morgan fingerprint density at radius 2 is 2.20 bits per heavy atom. The monoisotopic (exact) mass is 208 g/mol. The average molecular weight is 208 g/mol. The Morgan fingerprint density at radius 1 is 1.47 bits per heavy atom. The molecule has 1 heterocycles. The van der Waals surface area contributed by atoms with Gasteiger partial charge in [-0.05, 0) is 18.8 Å². The van der Waals surface area contributed by atoms with Crippen LogP contribution in [0.25, 0.3) is 0 Å². The van der Waals surface area contributed by atoms with Crippen molar-refractivity contribution in [2.75, 3.05) is 18.2 Å². The molecule has 1 aromatic rings. The van der Waals surface area contributed by atoms with E-state index in [1.165, 1.54) is 19.2 Å². The Morgan fingerprint density at radius 3 is 2.80 bits per heavy atom. The minimum Gasteiger partial charge on any atom is -0.490 e. The first kappa shape index (κ1) is 10.0. The molecule has 0 atom stereocenters. The fourth-order valence-corrected chi connectivity index (χ4v) is 1.90. The number of nitrogens with zero attached hydrogens (tertiary/aromatic N) is 2.